The van der Waals surface area contributed by atoms with E-state index in [0.717, 1.165) is 4.88 Å². The van der Waals surface area contributed by atoms with Gasteiger partial charge < -0.3 is 14.5 Å². The molecule has 2 fully saturated rings. The molecule has 2 amide bonds. The van der Waals surface area contributed by atoms with Gasteiger partial charge in [-0.25, -0.2) is 0 Å². The van der Waals surface area contributed by atoms with Crippen LogP contribution in [0.15, 0.2) is 17.5 Å². The zero-order chi connectivity index (χ0) is 14.8. The van der Waals surface area contributed by atoms with Gasteiger partial charge in [-0.3, -0.25) is 9.59 Å². The van der Waals surface area contributed by atoms with Crippen molar-refractivity contribution in [3.8, 4) is 0 Å². The van der Waals surface area contributed by atoms with Gasteiger partial charge >= 0.3 is 0 Å². The number of morpholine rings is 1. The first-order valence-electron chi connectivity index (χ1n) is 7.40. The lowest BCUT2D eigenvalue weighted by atomic mass is 10.1. The lowest BCUT2D eigenvalue weighted by Crippen LogP contribution is -2.45. The Kier molecular flexibility index (Phi) is 4.26. The molecule has 1 aromatic rings. The summed E-state index contributed by atoms with van der Waals surface area (Å²) >= 11 is 1.65. The molecule has 6 heteroatoms. The minimum Gasteiger partial charge on any atom is -0.369 e. The number of thiophene rings is 1. The number of nitrogens with zero attached hydrogens (tertiary/aromatic N) is 2. The second-order valence-electron chi connectivity index (χ2n) is 5.49. The predicted octanol–water partition coefficient (Wildman–Crippen LogP) is 1.52. The lowest BCUT2D eigenvalue weighted by molar-refractivity contribution is -0.143. The standard InChI is InChI=1S/C15H20N2O3S/c1-2-16-9-11(8-14(16)18)15(19)17-5-6-20-12(10-17)13-4-3-7-21-13/h3-4,7,11-12H,2,5-6,8-10H2,1H3/t11-,12-/m0/s1. The number of ether oxygens (including phenoxy) is 1. The van der Waals surface area contributed by atoms with Crippen LogP contribution in [0.4, 0.5) is 0 Å². The summed E-state index contributed by atoms with van der Waals surface area (Å²) in [7, 11) is 0. The Bertz CT molecular complexity index is 517. The minimum atomic E-state index is -0.181. The molecule has 0 radical (unpaired) electrons. The molecule has 0 N–H and O–H groups in total. The maximum absolute atomic E-state index is 12.6. The van der Waals surface area contributed by atoms with Crippen molar-refractivity contribution < 1.29 is 14.3 Å². The maximum atomic E-state index is 12.6. The molecule has 114 valence electrons. The van der Waals surface area contributed by atoms with Crippen molar-refractivity contribution in [3.63, 3.8) is 0 Å². The average Bonchev–Trinajstić information content (AvgIpc) is 3.16. The Hall–Kier alpha value is -1.40. The summed E-state index contributed by atoms with van der Waals surface area (Å²) < 4.78 is 5.77. The first-order chi connectivity index (χ1) is 10.2. The third-order valence-electron chi connectivity index (χ3n) is 4.18. The van der Waals surface area contributed by atoms with Crippen molar-refractivity contribution >= 4 is 23.2 Å². The number of rotatable bonds is 3. The van der Waals surface area contributed by atoms with Crippen molar-refractivity contribution in [1.29, 1.82) is 0 Å². The van der Waals surface area contributed by atoms with E-state index in [9.17, 15) is 9.59 Å². The summed E-state index contributed by atoms with van der Waals surface area (Å²) in [6.45, 7) is 4.98. The van der Waals surface area contributed by atoms with E-state index in [2.05, 4.69) is 0 Å². The fourth-order valence-electron chi connectivity index (χ4n) is 3.00. The summed E-state index contributed by atoms with van der Waals surface area (Å²) in [4.78, 5) is 29.2. The molecule has 3 heterocycles. The highest BCUT2D eigenvalue weighted by molar-refractivity contribution is 7.10. The molecule has 0 bridgehead atoms. The molecule has 3 rings (SSSR count). The number of hydrogen-bond donors (Lipinski definition) is 0. The molecular formula is C15H20N2O3S. The van der Waals surface area contributed by atoms with Gasteiger partial charge in [0.15, 0.2) is 0 Å². The molecule has 21 heavy (non-hydrogen) atoms. The van der Waals surface area contributed by atoms with Crippen LogP contribution in [0.5, 0.6) is 0 Å². The van der Waals surface area contributed by atoms with E-state index in [4.69, 9.17) is 4.74 Å². The third-order valence-corrected chi connectivity index (χ3v) is 5.15. The Balaban J connectivity index is 1.64. The van der Waals surface area contributed by atoms with Crippen molar-refractivity contribution in [2.75, 3.05) is 32.8 Å². The summed E-state index contributed by atoms with van der Waals surface area (Å²) in [6.07, 6.45) is 0.329. The molecule has 2 aliphatic heterocycles. The Labute approximate surface area is 128 Å². The van der Waals surface area contributed by atoms with Crippen LogP contribution in [0, 0.1) is 5.92 Å². The van der Waals surface area contributed by atoms with E-state index in [1.54, 1.807) is 16.2 Å². The molecule has 1 aromatic heterocycles. The summed E-state index contributed by atoms with van der Waals surface area (Å²) in [5, 5.41) is 2.02. The summed E-state index contributed by atoms with van der Waals surface area (Å²) in [6, 6.07) is 4.04. The van der Waals surface area contributed by atoms with Crippen LogP contribution in [0.25, 0.3) is 0 Å². The van der Waals surface area contributed by atoms with E-state index in [1.807, 2.05) is 29.3 Å². The molecule has 5 nitrogen and oxygen atoms in total. The highest BCUT2D eigenvalue weighted by Crippen LogP contribution is 2.28. The quantitative estimate of drug-likeness (QED) is 0.850. The van der Waals surface area contributed by atoms with Gasteiger partial charge in [0.25, 0.3) is 0 Å². The molecule has 2 atom stereocenters. The topological polar surface area (TPSA) is 49.9 Å². The highest BCUT2D eigenvalue weighted by Gasteiger charge is 2.37. The maximum Gasteiger partial charge on any atom is 0.228 e. The van der Waals surface area contributed by atoms with E-state index in [0.29, 0.717) is 39.2 Å². The fourth-order valence-corrected chi connectivity index (χ4v) is 3.76. The summed E-state index contributed by atoms with van der Waals surface area (Å²) in [5.74, 6) is 0.0163. The molecule has 0 saturated carbocycles. The third kappa shape index (κ3) is 2.96. The SMILES string of the molecule is CCN1C[C@@H](C(=O)N2CCO[C@H](c3cccs3)C2)CC1=O. The smallest absolute Gasteiger partial charge is 0.228 e. The molecule has 0 spiro atoms. The molecule has 0 aromatic carbocycles. The van der Waals surface area contributed by atoms with Gasteiger partial charge in [-0.1, -0.05) is 6.07 Å². The van der Waals surface area contributed by atoms with E-state index >= 15 is 0 Å². The molecule has 2 aliphatic rings. The number of carbonyl (C=O) groups is 2. The van der Waals surface area contributed by atoms with Gasteiger partial charge in [0.05, 0.1) is 19.1 Å². The predicted molar refractivity (Wildman–Crippen MR) is 80.0 cm³/mol. The van der Waals surface area contributed by atoms with Crippen LogP contribution in [0.2, 0.25) is 0 Å². The first kappa shape index (κ1) is 14.5. The number of hydrogen-bond acceptors (Lipinski definition) is 4. The van der Waals surface area contributed by atoms with Crippen molar-refractivity contribution in [2.45, 2.75) is 19.4 Å². The molecule has 2 saturated heterocycles. The van der Waals surface area contributed by atoms with E-state index in [-0.39, 0.29) is 23.8 Å². The Morgan fingerprint density at radius 1 is 1.48 bits per heavy atom. The van der Waals surface area contributed by atoms with Gasteiger partial charge in [0.2, 0.25) is 11.8 Å². The van der Waals surface area contributed by atoms with Crippen molar-refractivity contribution in [1.82, 2.24) is 9.80 Å². The monoisotopic (exact) mass is 308 g/mol. The fraction of sp³-hybridized carbons (Fsp3) is 0.600. The van der Waals surface area contributed by atoms with Crippen molar-refractivity contribution in [2.24, 2.45) is 5.92 Å². The van der Waals surface area contributed by atoms with Crippen LogP contribution < -0.4 is 0 Å². The minimum absolute atomic E-state index is 0.0258. The molecule has 0 aliphatic carbocycles. The molecule has 0 unspecified atom stereocenters. The van der Waals surface area contributed by atoms with Gasteiger partial charge in [0.1, 0.15) is 6.10 Å². The molecular weight excluding hydrogens is 288 g/mol. The number of likely N-dealkylation sites (tertiary alicyclic amines) is 1. The number of amides is 2. The van der Waals surface area contributed by atoms with Crippen LogP contribution in [0.1, 0.15) is 24.3 Å². The van der Waals surface area contributed by atoms with Crippen molar-refractivity contribution in [3.05, 3.63) is 22.4 Å². The van der Waals surface area contributed by atoms with Gasteiger partial charge in [-0.2, -0.15) is 0 Å². The van der Waals surface area contributed by atoms with Crippen LogP contribution in [-0.2, 0) is 14.3 Å². The first-order valence-corrected chi connectivity index (χ1v) is 8.28. The van der Waals surface area contributed by atoms with Crippen LogP contribution in [0.3, 0.4) is 0 Å². The highest BCUT2D eigenvalue weighted by atomic mass is 32.1. The average molecular weight is 308 g/mol. The zero-order valence-corrected chi connectivity index (χ0v) is 13.0. The second-order valence-corrected chi connectivity index (χ2v) is 6.47. The normalized spacial score (nSPS) is 26.4. The second kappa shape index (κ2) is 6.15. The Morgan fingerprint density at radius 2 is 2.33 bits per heavy atom. The van der Waals surface area contributed by atoms with Gasteiger partial charge in [-0.05, 0) is 18.4 Å². The van der Waals surface area contributed by atoms with Gasteiger partial charge in [0, 0.05) is 30.9 Å². The zero-order valence-electron chi connectivity index (χ0n) is 12.2. The Morgan fingerprint density at radius 3 is 3.00 bits per heavy atom. The van der Waals surface area contributed by atoms with Crippen LogP contribution >= 0.6 is 11.3 Å². The van der Waals surface area contributed by atoms with Crippen LogP contribution in [-0.4, -0.2) is 54.4 Å². The van der Waals surface area contributed by atoms with Gasteiger partial charge in [-0.15, -0.1) is 11.3 Å². The summed E-state index contributed by atoms with van der Waals surface area (Å²) in [5.41, 5.74) is 0. The van der Waals surface area contributed by atoms with E-state index in [1.165, 1.54) is 0 Å². The largest absolute Gasteiger partial charge is 0.369 e. The lowest BCUT2D eigenvalue weighted by Gasteiger charge is -2.34. The van der Waals surface area contributed by atoms with E-state index < -0.39 is 0 Å². The number of carbonyl (C=O) groups excluding carboxylic acids is 2.